The molecule has 8 heteroatoms. The molecule has 0 aromatic heterocycles. The highest BCUT2D eigenvalue weighted by Gasteiger charge is 2.21. The molecule has 0 unspecified atom stereocenters. The van der Waals surface area contributed by atoms with E-state index in [0.717, 1.165) is 43.5 Å². The van der Waals surface area contributed by atoms with Crippen LogP contribution in [-0.2, 0) is 11.3 Å². The number of nitrogens with one attached hydrogen (secondary N) is 1. The standard InChI is InChI=1S/C24H33N5O2.HI/c1-19-6-5-7-21(16-19)28-12-14-29(15-13-28)24(26-18-23(30)27(2)3)25-17-20-8-10-22(31-4)11-9-20;/h5-11,16H,12-15,17-18H2,1-4H3,(H,25,26);1H. The number of halogens is 1. The smallest absolute Gasteiger partial charge is 0.241 e. The molecule has 0 atom stereocenters. The van der Waals surface area contributed by atoms with Gasteiger partial charge in [-0.15, -0.1) is 24.0 Å². The van der Waals surface area contributed by atoms with Gasteiger partial charge in [-0.3, -0.25) is 4.79 Å². The summed E-state index contributed by atoms with van der Waals surface area (Å²) in [5.41, 5.74) is 3.62. The molecule has 7 nitrogen and oxygen atoms in total. The fraction of sp³-hybridized carbons (Fsp3) is 0.417. The number of nitrogens with zero attached hydrogens (tertiary/aromatic N) is 4. The zero-order valence-electron chi connectivity index (χ0n) is 19.4. The van der Waals surface area contributed by atoms with Crippen LogP contribution in [0.25, 0.3) is 0 Å². The summed E-state index contributed by atoms with van der Waals surface area (Å²) in [6.45, 7) is 6.40. The molecule has 174 valence electrons. The third kappa shape index (κ3) is 7.29. The van der Waals surface area contributed by atoms with E-state index in [-0.39, 0.29) is 36.4 Å². The summed E-state index contributed by atoms with van der Waals surface area (Å²) in [7, 11) is 5.19. The van der Waals surface area contributed by atoms with E-state index in [4.69, 9.17) is 9.73 Å². The molecule has 1 fully saturated rings. The number of carbonyl (C=O) groups excluding carboxylic acids is 1. The average molecular weight is 551 g/mol. The van der Waals surface area contributed by atoms with Gasteiger partial charge in [-0.25, -0.2) is 4.99 Å². The van der Waals surface area contributed by atoms with Crippen LogP contribution < -0.4 is 15.0 Å². The Kier molecular flexibility index (Phi) is 10.1. The largest absolute Gasteiger partial charge is 0.497 e. The third-order valence-electron chi connectivity index (χ3n) is 5.41. The molecule has 0 aliphatic carbocycles. The minimum Gasteiger partial charge on any atom is -0.497 e. The molecular weight excluding hydrogens is 517 g/mol. The summed E-state index contributed by atoms with van der Waals surface area (Å²) in [5.74, 6) is 1.63. The number of benzene rings is 2. The summed E-state index contributed by atoms with van der Waals surface area (Å²) < 4.78 is 5.23. The number of aliphatic imine (C=N–C) groups is 1. The first-order valence-corrected chi connectivity index (χ1v) is 10.6. The van der Waals surface area contributed by atoms with Crippen molar-refractivity contribution in [1.29, 1.82) is 0 Å². The highest BCUT2D eigenvalue weighted by atomic mass is 127. The quantitative estimate of drug-likeness (QED) is 0.340. The van der Waals surface area contributed by atoms with Crippen molar-refractivity contribution in [3.8, 4) is 5.75 Å². The van der Waals surface area contributed by atoms with E-state index < -0.39 is 0 Å². The van der Waals surface area contributed by atoms with Gasteiger partial charge in [0.25, 0.3) is 0 Å². The molecule has 1 N–H and O–H groups in total. The summed E-state index contributed by atoms with van der Waals surface area (Å²) in [5, 5.41) is 3.27. The van der Waals surface area contributed by atoms with E-state index in [9.17, 15) is 4.79 Å². The van der Waals surface area contributed by atoms with Crippen molar-refractivity contribution in [1.82, 2.24) is 15.1 Å². The number of carbonyl (C=O) groups is 1. The lowest BCUT2D eigenvalue weighted by molar-refractivity contribution is -0.127. The maximum Gasteiger partial charge on any atom is 0.241 e. The molecule has 2 aromatic carbocycles. The van der Waals surface area contributed by atoms with Crippen LogP contribution in [0.2, 0.25) is 0 Å². The molecular formula is C24H34IN5O2. The van der Waals surface area contributed by atoms with Gasteiger partial charge in [-0.2, -0.15) is 0 Å². The van der Waals surface area contributed by atoms with Crippen molar-refractivity contribution in [2.24, 2.45) is 4.99 Å². The average Bonchev–Trinajstić information content (AvgIpc) is 2.79. The monoisotopic (exact) mass is 551 g/mol. The maximum atomic E-state index is 12.1. The van der Waals surface area contributed by atoms with Gasteiger partial charge in [-0.05, 0) is 42.3 Å². The van der Waals surface area contributed by atoms with Gasteiger partial charge in [0, 0.05) is 46.0 Å². The van der Waals surface area contributed by atoms with E-state index in [0.29, 0.717) is 6.54 Å². The van der Waals surface area contributed by atoms with Crippen molar-refractivity contribution in [2.45, 2.75) is 13.5 Å². The van der Waals surface area contributed by atoms with Gasteiger partial charge in [0.15, 0.2) is 5.96 Å². The predicted octanol–water partition coefficient (Wildman–Crippen LogP) is 2.98. The van der Waals surface area contributed by atoms with Gasteiger partial charge in [0.05, 0.1) is 20.2 Å². The molecule has 0 saturated carbocycles. The van der Waals surface area contributed by atoms with Crippen molar-refractivity contribution in [3.63, 3.8) is 0 Å². The summed E-state index contributed by atoms with van der Waals surface area (Å²) in [6.07, 6.45) is 0. The summed E-state index contributed by atoms with van der Waals surface area (Å²) in [6, 6.07) is 16.5. The summed E-state index contributed by atoms with van der Waals surface area (Å²) >= 11 is 0. The fourth-order valence-electron chi connectivity index (χ4n) is 3.48. The Morgan fingerprint density at radius 2 is 1.78 bits per heavy atom. The first-order valence-electron chi connectivity index (χ1n) is 10.6. The molecule has 0 radical (unpaired) electrons. The van der Waals surface area contributed by atoms with E-state index in [1.807, 2.05) is 24.3 Å². The van der Waals surface area contributed by atoms with E-state index in [2.05, 4.69) is 46.3 Å². The molecule has 1 heterocycles. The van der Waals surface area contributed by atoms with E-state index in [1.165, 1.54) is 11.3 Å². The molecule has 1 amide bonds. The Balaban J connectivity index is 0.00000363. The van der Waals surface area contributed by atoms with Crippen LogP contribution in [0.15, 0.2) is 53.5 Å². The van der Waals surface area contributed by atoms with Crippen molar-refractivity contribution in [3.05, 3.63) is 59.7 Å². The number of likely N-dealkylation sites (N-methyl/N-ethyl adjacent to an activating group) is 1. The second kappa shape index (κ2) is 12.5. The Hall–Kier alpha value is -2.49. The number of rotatable bonds is 6. The molecule has 1 saturated heterocycles. The Morgan fingerprint density at radius 3 is 2.38 bits per heavy atom. The highest BCUT2D eigenvalue weighted by Crippen LogP contribution is 2.18. The molecule has 1 aliphatic heterocycles. The highest BCUT2D eigenvalue weighted by molar-refractivity contribution is 14.0. The summed E-state index contributed by atoms with van der Waals surface area (Å²) in [4.78, 5) is 23.1. The zero-order chi connectivity index (χ0) is 22.2. The Labute approximate surface area is 208 Å². The Morgan fingerprint density at radius 1 is 1.09 bits per heavy atom. The Bertz CT molecular complexity index is 894. The number of amides is 1. The zero-order valence-corrected chi connectivity index (χ0v) is 21.7. The van der Waals surface area contributed by atoms with Gasteiger partial charge in [0.1, 0.15) is 5.75 Å². The molecule has 32 heavy (non-hydrogen) atoms. The number of hydrogen-bond acceptors (Lipinski definition) is 4. The maximum absolute atomic E-state index is 12.1. The number of piperazine rings is 1. The van der Waals surface area contributed by atoms with Crippen LogP contribution >= 0.6 is 24.0 Å². The van der Waals surface area contributed by atoms with Gasteiger partial charge < -0.3 is 24.8 Å². The van der Waals surface area contributed by atoms with Gasteiger partial charge in [0.2, 0.25) is 5.91 Å². The third-order valence-corrected chi connectivity index (χ3v) is 5.41. The lowest BCUT2D eigenvalue weighted by atomic mass is 10.2. The van der Waals surface area contributed by atoms with Crippen LogP contribution in [0.4, 0.5) is 5.69 Å². The normalized spacial score (nSPS) is 13.9. The number of guanidine groups is 1. The van der Waals surface area contributed by atoms with Crippen molar-refractivity contribution >= 4 is 41.5 Å². The van der Waals surface area contributed by atoms with Crippen molar-refractivity contribution < 1.29 is 9.53 Å². The SMILES string of the molecule is COc1ccc(CN=C(NCC(=O)N(C)C)N2CCN(c3cccc(C)c3)CC2)cc1.I. The van der Waals surface area contributed by atoms with Crippen LogP contribution in [-0.4, -0.2) is 75.6 Å². The number of ether oxygens (including phenoxy) is 1. The molecule has 0 bridgehead atoms. The van der Waals surface area contributed by atoms with Crippen LogP contribution in [0.1, 0.15) is 11.1 Å². The minimum absolute atomic E-state index is 0. The number of hydrogen-bond donors (Lipinski definition) is 1. The predicted molar refractivity (Wildman–Crippen MR) is 141 cm³/mol. The van der Waals surface area contributed by atoms with Crippen LogP contribution in [0, 0.1) is 6.92 Å². The topological polar surface area (TPSA) is 60.4 Å². The lowest BCUT2D eigenvalue weighted by Crippen LogP contribution is -2.53. The second-order valence-electron chi connectivity index (χ2n) is 7.94. The number of anilines is 1. The van der Waals surface area contributed by atoms with Gasteiger partial charge in [-0.1, -0.05) is 24.3 Å². The fourth-order valence-corrected chi connectivity index (χ4v) is 3.48. The first-order chi connectivity index (χ1) is 15.0. The number of methoxy groups -OCH3 is 1. The van der Waals surface area contributed by atoms with E-state index >= 15 is 0 Å². The molecule has 2 aromatic rings. The lowest BCUT2D eigenvalue weighted by Gasteiger charge is -2.38. The van der Waals surface area contributed by atoms with Crippen LogP contribution in [0.5, 0.6) is 5.75 Å². The number of aryl methyl sites for hydroxylation is 1. The minimum atomic E-state index is 0. The molecule has 0 spiro atoms. The van der Waals surface area contributed by atoms with Crippen LogP contribution in [0.3, 0.4) is 0 Å². The first kappa shape index (κ1) is 25.8. The molecule has 3 rings (SSSR count). The second-order valence-corrected chi connectivity index (χ2v) is 7.94. The van der Waals surface area contributed by atoms with E-state index in [1.54, 1.807) is 26.1 Å². The molecule has 1 aliphatic rings. The van der Waals surface area contributed by atoms with Crippen molar-refractivity contribution in [2.75, 3.05) is 58.8 Å². The van der Waals surface area contributed by atoms with Gasteiger partial charge >= 0.3 is 0 Å².